The van der Waals surface area contributed by atoms with Crippen LogP contribution in [-0.2, 0) is 27.8 Å². The molecule has 0 saturated carbocycles. The van der Waals surface area contributed by atoms with Crippen molar-refractivity contribution in [3.8, 4) is 0 Å². The van der Waals surface area contributed by atoms with E-state index in [4.69, 9.17) is 4.74 Å². The number of carbonyl (C=O) groups excluding carboxylic acids is 2. The van der Waals surface area contributed by atoms with Crippen molar-refractivity contribution < 1.29 is 27.5 Å². The number of aromatic amines is 1. The van der Waals surface area contributed by atoms with Gasteiger partial charge in [-0.05, 0) is 57.0 Å². The molecule has 3 rings (SSSR count). The van der Waals surface area contributed by atoms with Crippen molar-refractivity contribution in [2.45, 2.75) is 46.0 Å². The number of hydrogen-bond donors (Lipinski definition) is 3. The number of esters is 1. The molecule has 8 nitrogen and oxygen atoms in total. The van der Waals surface area contributed by atoms with Crippen molar-refractivity contribution in [3.05, 3.63) is 59.2 Å². The largest absolute Gasteiger partial charge is 0.462 e. The minimum absolute atomic E-state index is 0.229. The van der Waals surface area contributed by atoms with Crippen LogP contribution in [0.15, 0.2) is 42.5 Å². The first-order valence-electron chi connectivity index (χ1n) is 11.7. The van der Waals surface area contributed by atoms with Gasteiger partial charge in [-0.1, -0.05) is 24.3 Å². The predicted molar refractivity (Wildman–Crippen MR) is 135 cm³/mol. The van der Waals surface area contributed by atoms with Gasteiger partial charge < -0.3 is 25.3 Å². The number of para-hydroxylation sites is 1. The number of anilines is 1. The first-order chi connectivity index (χ1) is 17.1. The Balaban J connectivity index is 1.97. The molecule has 37 heavy (non-hydrogen) atoms. The lowest BCUT2D eigenvalue weighted by Gasteiger charge is -2.32. The molecule has 11 heteroatoms. The Morgan fingerprint density at radius 1 is 1.03 bits per heavy atom. The molecule has 0 aliphatic carbocycles. The molecule has 0 aliphatic heterocycles. The van der Waals surface area contributed by atoms with E-state index in [1.54, 1.807) is 53.9 Å². The van der Waals surface area contributed by atoms with Gasteiger partial charge in [-0.2, -0.15) is 13.2 Å². The molecule has 2 aromatic carbocycles. The smallest absolute Gasteiger partial charge is 0.416 e. The molecule has 0 saturated heterocycles. The maximum Gasteiger partial charge on any atom is 0.416 e. The minimum atomic E-state index is -4.54. The highest BCUT2D eigenvalue weighted by atomic mass is 19.4. The summed E-state index contributed by atoms with van der Waals surface area (Å²) in [6, 6.07) is 10.0. The van der Waals surface area contributed by atoms with Gasteiger partial charge in [-0.3, -0.25) is 4.79 Å². The molecular formula is C26H32F3N5O3. The first-order valence-corrected chi connectivity index (χ1v) is 11.7. The van der Waals surface area contributed by atoms with E-state index >= 15 is 0 Å². The molecule has 3 N–H and O–H groups in total. The molecule has 0 bridgehead atoms. The molecule has 0 aliphatic rings. The molecule has 200 valence electrons. The molecule has 1 heterocycles. The molecule has 3 aromatic rings. The number of nitrogens with zero attached hydrogens (tertiary/aromatic N) is 2. The molecule has 2 amide bonds. The Hall–Kier alpha value is -3.76. The highest BCUT2D eigenvalue weighted by molar-refractivity contribution is 5.82. The number of fused-ring (bicyclic) bond motifs is 1. The number of rotatable bonds is 7. The fraction of sp³-hybridized carbons (Fsp3) is 0.423. The van der Waals surface area contributed by atoms with E-state index in [-0.39, 0.29) is 30.7 Å². The SMILES string of the molecule is CN(C)C(=O)NCc1cccc2[nH]c(NC(C)(COC(=O)C(C)(C)C)c3cccc(C(F)(F)F)c3)nc12. The predicted octanol–water partition coefficient (Wildman–Crippen LogP) is 5.27. The highest BCUT2D eigenvalue weighted by Gasteiger charge is 2.36. The van der Waals surface area contributed by atoms with Gasteiger partial charge in [0, 0.05) is 20.6 Å². The van der Waals surface area contributed by atoms with Crippen molar-refractivity contribution >= 4 is 29.0 Å². The number of ether oxygens (including phenoxy) is 1. The summed E-state index contributed by atoms with van der Waals surface area (Å²) in [7, 11) is 3.27. The van der Waals surface area contributed by atoms with Crippen LogP contribution in [0.2, 0.25) is 0 Å². The lowest BCUT2D eigenvalue weighted by molar-refractivity contribution is -0.154. The lowest BCUT2D eigenvalue weighted by Crippen LogP contribution is -2.40. The number of benzene rings is 2. The van der Waals surface area contributed by atoms with Crippen LogP contribution >= 0.6 is 0 Å². The number of halogens is 3. The van der Waals surface area contributed by atoms with Crippen LogP contribution in [0, 0.1) is 5.41 Å². The van der Waals surface area contributed by atoms with E-state index in [2.05, 4.69) is 20.6 Å². The lowest BCUT2D eigenvalue weighted by atomic mass is 9.91. The van der Waals surface area contributed by atoms with Crippen LogP contribution in [-0.4, -0.2) is 47.6 Å². The average Bonchev–Trinajstić information content (AvgIpc) is 3.22. The summed E-state index contributed by atoms with van der Waals surface area (Å²) < 4.78 is 45.9. The number of hydrogen-bond acceptors (Lipinski definition) is 5. The van der Waals surface area contributed by atoms with Gasteiger partial charge in [0.2, 0.25) is 5.95 Å². The summed E-state index contributed by atoms with van der Waals surface area (Å²) in [4.78, 5) is 33.6. The topological polar surface area (TPSA) is 99.4 Å². The first kappa shape index (κ1) is 27.8. The third-order valence-electron chi connectivity index (χ3n) is 5.76. The number of imidazole rings is 1. The summed E-state index contributed by atoms with van der Waals surface area (Å²) in [5, 5.41) is 5.94. The Bertz CT molecular complexity index is 1280. The van der Waals surface area contributed by atoms with Crippen LogP contribution in [0.5, 0.6) is 0 Å². The third-order valence-corrected chi connectivity index (χ3v) is 5.76. The van der Waals surface area contributed by atoms with Crippen molar-refractivity contribution in [3.63, 3.8) is 0 Å². The van der Waals surface area contributed by atoms with E-state index < -0.39 is 28.7 Å². The maximum atomic E-state index is 13.5. The molecular weight excluding hydrogens is 487 g/mol. The quantitative estimate of drug-likeness (QED) is 0.370. The minimum Gasteiger partial charge on any atom is -0.462 e. The highest BCUT2D eigenvalue weighted by Crippen LogP contribution is 2.34. The van der Waals surface area contributed by atoms with E-state index in [0.29, 0.717) is 11.0 Å². The van der Waals surface area contributed by atoms with E-state index in [1.165, 1.54) is 17.0 Å². The zero-order valence-electron chi connectivity index (χ0n) is 21.7. The number of nitrogens with one attached hydrogen (secondary N) is 3. The summed E-state index contributed by atoms with van der Waals surface area (Å²) in [6.45, 7) is 6.71. The molecule has 0 spiro atoms. The van der Waals surface area contributed by atoms with Crippen LogP contribution in [0.3, 0.4) is 0 Å². The third kappa shape index (κ3) is 6.72. The Labute approximate surface area is 213 Å². The van der Waals surface area contributed by atoms with Crippen LogP contribution < -0.4 is 10.6 Å². The van der Waals surface area contributed by atoms with Crippen LogP contribution in [0.4, 0.5) is 23.9 Å². The van der Waals surface area contributed by atoms with Gasteiger partial charge in [-0.15, -0.1) is 0 Å². The fourth-order valence-electron chi connectivity index (χ4n) is 3.54. The zero-order chi connectivity index (χ0) is 27.6. The number of alkyl halides is 3. The Kier molecular flexibility index (Phi) is 7.75. The summed E-state index contributed by atoms with van der Waals surface area (Å²) in [5.41, 5.74) is -0.599. The average molecular weight is 520 g/mol. The maximum absolute atomic E-state index is 13.5. The number of aromatic nitrogens is 2. The number of amides is 2. The number of H-pyrrole nitrogens is 1. The number of urea groups is 1. The molecule has 0 radical (unpaired) electrons. The van der Waals surface area contributed by atoms with Gasteiger partial charge in [-0.25, -0.2) is 9.78 Å². The van der Waals surface area contributed by atoms with Gasteiger partial charge in [0.15, 0.2) is 0 Å². The van der Waals surface area contributed by atoms with E-state index in [9.17, 15) is 22.8 Å². The number of carbonyl (C=O) groups is 2. The summed E-state index contributed by atoms with van der Waals surface area (Å²) in [6.07, 6.45) is -4.54. The standard InChI is InChI=1S/C26H32F3N5O3/c1-24(2,3)21(35)37-15-25(4,17-10-8-11-18(13-17)26(27,28)29)33-22-31-19-12-7-9-16(20(19)32-22)14-30-23(36)34(5)6/h7-13H,14-15H2,1-6H3,(H,30,36)(H2,31,32,33). The van der Waals surface area contributed by atoms with Gasteiger partial charge in [0.25, 0.3) is 0 Å². The van der Waals surface area contributed by atoms with Gasteiger partial charge in [0.05, 0.1) is 27.6 Å². The Morgan fingerprint density at radius 2 is 1.68 bits per heavy atom. The summed E-state index contributed by atoms with van der Waals surface area (Å²) >= 11 is 0. The molecule has 1 aromatic heterocycles. The van der Waals surface area contributed by atoms with E-state index in [1.807, 2.05) is 6.07 Å². The fourth-order valence-corrected chi connectivity index (χ4v) is 3.54. The second kappa shape index (κ2) is 10.3. The van der Waals surface area contributed by atoms with Crippen molar-refractivity contribution in [1.29, 1.82) is 0 Å². The van der Waals surface area contributed by atoms with Gasteiger partial charge in [0.1, 0.15) is 6.61 Å². The summed E-state index contributed by atoms with van der Waals surface area (Å²) in [5.74, 6) is -0.218. The second-order valence-electron chi connectivity index (χ2n) is 10.3. The molecule has 1 unspecified atom stereocenters. The molecule has 1 atom stereocenters. The monoisotopic (exact) mass is 519 g/mol. The van der Waals surface area contributed by atoms with Crippen molar-refractivity contribution in [2.24, 2.45) is 5.41 Å². The Morgan fingerprint density at radius 3 is 2.30 bits per heavy atom. The normalized spacial score (nSPS) is 13.6. The van der Waals surface area contributed by atoms with Crippen molar-refractivity contribution in [2.75, 3.05) is 26.0 Å². The van der Waals surface area contributed by atoms with Gasteiger partial charge >= 0.3 is 18.2 Å². The second-order valence-corrected chi connectivity index (χ2v) is 10.3. The zero-order valence-corrected chi connectivity index (χ0v) is 21.7. The molecule has 0 fully saturated rings. The van der Waals surface area contributed by atoms with Crippen molar-refractivity contribution in [1.82, 2.24) is 20.2 Å². The van der Waals surface area contributed by atoms with Crippen LogP contribution in [0.25, 0.3) is 11.0 Å². The van der Waals surface area contributed by atoms with E-state index in [0.717, 1.165) is 17.7 Å². The van der Waals surface area contributed by atoms with Crippen LogP contribution in [0.1, 0.15) is 44.4 Å².